The molecule has 1 aromatic carbocycles. The van der Waals surface area contributed by atoms with Crippen molar-refractivity contribution in [3.63, 3.8) is 0 Å². The highest BCUT2D eigenvalue weighted by atomic mass is 14.4. The maximum atomic E-state index is 4.19. The number of hydrogen-bond donors (Lipinski definition) is 0. The average Bonchev–Trinajstić information content (AvgIpc) is 2.89. The summed E-state index contributed by atoms with van der Waals surface area (Å²) in [7, 11) is 0. The lowest BCUT2D eigenvalue weighted by atomic mass is 9.68. The van der Waals surface area contributed by atoms with Crippen LogP contribution in [0.5, 0.6) is 0 Å². The van der Waals surface area contributed by atoms with Crippen molar-refractivity contribution in [2.24, 2.45) is 29.6 Å². The number of aryl methyl sites for hydroxylation is 1. The second-order valence-corrected chi connectivity index (χ2v) is 12.7. The first-order valence-electron chi connectivity index (χ1n) is 15.4. The Morgan fingerprint density at radius 1 is 0.706 bits per heavy atom. The second kappa shape index (κ2) is 13.3. The number of rotatable bonds is 10. The van der Waals surface area contributed by atoms with E-state index in [0.29, 0.717) is 0 Å². The molecule has 0 bridgehead atoms. The lowest BCUT2D eigenvalue weighted by Gasteiger charge is -2.38. The van der Waals surface area contributed by atoms with Gasteiger partial charge in [-0.3, -0.25) is 0 Å². The largest absolute Gasteiger partial charge is 0.0999 e. The fraction of sp³-hybridized carbons (Fsp3) is 0.765. The summed E-state index contributed by atoms with van der Waals surface area (Å²) >= 11 is 0. The van der Waals surface area contributed by atoms with Gasteiger partial charge in [0.1, 0.15) is 0 Å². The minimum atomic E-state index is 0.774. The van der Waals surface area contributed by atoms with Gasteiger partial charge in [-0.05, 0) is 118 Å². The zero-order chi connectivity index (χ0) is 23.8. The summed E-state index contributed by atoms with van der Waals surface area (Å²) in [5, 5.41) is 0. The number of hydrogen-bond acceptors (Lipinski definition) is 0. The molecule has 0 N–H and O–H groups in total. The van der Waals surface area contributed by atoms with Crippen LogP contribution < -0.4 is 0 Å². The molecule has 0 radical (unpaired) electrons. The summed E-state index contributed by atoms with van der Waals surface area (Å²) in [6, 6.07) is 9.81. The first-order chi connectivity index (χ1) is 16.6. The lowest BCUT2D eigenvalue weighted by Crippen LogP contribution is -2.26. The normalized spacial score (nSPS) is 32.4. The number of benzene rings is 1. The van der Waals surface area contributed by atoms with Crippen molar-refractivity contribution < 1.29 is 0 Å². The quantitative estimate of drug-likeness (QED) is 0.239. The van der Waals surface area contributed by atoms with Gasteiger partial charge in [-0.25, -0.2) is 0 Å². The highest BCUT2D eigenvalue weighted by molar-refractivity contribution is 5.26. The Kier molecular flexibility index (Phi) is 10.2. The van der Waals surface area contributed by atoms with E-state index in [2.05, 4.69) is 44.7 Å². The third-order valence-electron chi connectivity index (χ3n) is 10.4. The van der Waals surface area contributed by atoms with Crippen molar-refractivity contribution in [3.05, 3.63) is 47.5 Å². The maximum absolute atomic E-state index is 4.19. The first kappa shape index (κ1) is 26.0. The third kappa shape index (κ3) is 7.48. The van der Waals surface area contributed by atoms with Gasteiger partial charge in [0, 0.05) is 0 Å². The molecule has 0 heterocycles. The van der Waals surface area contributed by atoms with Crippen molar-refractivity contribution >= 4 is 0 Å². The molecule has 190 valence electrons. The van der Waals surface area contributed by atoms with E-state index in [1.165, 1.54) is 95.5 Å². The first-order valence-corrected chi connectivity index (χ1v) is 15.4. The van der Waals surface area contributed by atoms with E-state index in [1.807, 2.05) is 0 Å². The van der Waals surface area contributed by atoms with E-state index in [4.69, 9.17) is 0 Å². The highest BCUT2D eigenvalue weighted by Crippen LogP contribution is 2.43. The molecule has 3 aliphatic carbocycles. The molecule has 0 atom stereocenters. The van der Waals surface area contributed by atoms with Gasteiger partial charge in [-0.2, -0.15) is 0 Å². The van der Waals surface area contributed by atoms with Gasteiger partial charge in [-0.15, -0.1) is 0 Å². The summed E-state index contributed by atoms with van der Waals surface area (Å²) in [5.74, 6) is 5.74. The maximum Gasteiger partial charge on any atom is -0.0162 e. The average molecular weight is 463 g/mol. The number of unbranched alkanes of at least 4 members (excludes halogenated alkanes) is 2. The van der Waals surface area contributed by atoms with Gasteiger partial charge >= 0.3 is 0 Å². The smallest absolute Gasteiger partial charge is 0.0162 e. The molecule has 0 nitrogen and oxygen atoms in total. The molecular formula is C34H54. The molecule has 0 aromatic heterocycles. The van der Waals surface area contributed by atoms with Crippen LogP contribution in [0.4, 0.5) is 0 Å². The summed E-state index contributed by atoms with van der Waals surface area (Å²) in [6.45, 7) is 8.74. The van der Waals surface area contributed by atoms with Crippen LogP contribution in [0.3, 0.4) is 0 Å². The van der Waals surface area contributed by atoms with Crippen LogP contribution >= 0.6 is 0 Å². The van der Waals surface area contributed by atoms with E-state index in [9.17, 15) is 0 Å². The molecule has 3 aliphatic rings. The molecule has 4 rings (SSSR count). The molecule has 0 unspecified atom stereocenters. The van der Waals surface area contributed by atoms with Crippen LogP contribution in [0.2, 0.25) is 0 Å². The Balaban J connectivity index is 1.12. The molecule has 0 heteroatoms. The van der Waals surface area contributed by atoms with Crippen LogP contribution in [0.25, 0.3) is 0 Å². The summed E-state index contributed by atoms with van der Waals surface area (Å²) in [6.07, 6.45) is 26.2. The Hall–Kier alpha value is -1.04. The zero-order valence-corrected chi connectivity index (χ0v) is 22.7. The second-order valence-electron chi connectivity index (χ2n) is 12.7. The van der Waals surface area contributed by atoms with Crippen LogP contribution in [-0.4, -0.2) is 0 Å². The van der Waals surface area contributed by atoms with E-state index < -0.39 is 0 Å². The molecule has 34 heavy (non-hydrogen) atoms. The summed E-state index contributed by atoms with van der Waals surface area (Å²) in [4.78, 5) is 0. The predicted octanol–water partition coefficient (Wildman–Crippen LogP) is 10.7. The zero-order valence-electron chi connectivity index (χ0n) is 22.7. The molecule has 3 saturated carbocycles. The molecular weight excluding hydrogens is 408 g/mol. The van der Waals surface area contributed by atoms with Crippen molar-refractivity contribution in [1.29, 1.82) is 0 Å². The minimum absolute atomic E-state index is 0.774. The fourth-order valence-electron chi connectivity index (χ4n) is 7.83. The van der Waals surface area contributed by atoms with E-state index in [-0.39, 0.29) is 0 Å². The molecule has 0 saturated heterocycles. The Morgan fingerprint density at radius 2 is 1.26 bits per heavy atom. The summed E-state index contributed by atoms with van der Waals surface area (Å²) in [5.41, 5.74) is 4.56. The predicted molar refractivity (Wildman–Crippen MR) is 149 cm³/mol. The Bertz CT molecular complexity index is 703. The Morgan fingerprint density at radius 3 is 1.79 bits per heavy atom. The summed E-state index contributed by atoms with van der Waals surface area (Å²) < 4.78 is 0. The van der Waals surface area contributed by atoms with E-state index >= 15 is 0 Å². The topological polar surface area (TPSA) is 0 Å². The monoisotopic (exact) mass is 462 g/mol. The van der Waals surface area contributed by atoms with Gasteiger partial charge in [0.25, 0.3) is 0 Å². The SMILES string of the molecule is C=C(C)C1CCC(c2ccc(CCC3CCC(C4CCC(CCCCC)CC4)CC3)cc2)CC1. The van der Waals surface area contributed by atoms with Crippen molar-refractivity contribution in [2.45, 2.75) is 135 Å². The van der Waals surface area contributed by atoms with Gasteiger partial charge in [-0.1, -0.05) is 94.7 Å². The molecule has 0 aliphatic heterocycles. The van der Waals surface area contributed by atoms with Crippen molar-refractivity contribution in [3.8, 4) is 0 Å². The minimum Gasteiger partial charge on any atom is -0.0999 e. The van der Waals surface area contributed by atoms with E-state index in [1.54, 1.807) is 36.8 Å². The van der Waals surface area contributed by atoms with Crippen molar-refractivity contribution in [1.82, 2.24) is 0 Å². The van der Waals surface area contributed by atoms with Crippen molar-refractivity contribution in [2.75, 3.05) is 0 Å². The van der Waals surface area contributed by atoms with Crippen LogP contribution in [-0.2, 0) is 6.42 Å². The molecule has 0 spiro atoms. The highest BCUT2D eigenvalue weighted by Gasteiger charge is 2.30. The lowest BCUT2D eigenvalue weighted by molar-refractivity contribution is 0.140. The van der Waals surface area contributed by atoms with Crippen LogP contribution in [0.1, 0.15) is 140 Å². The van der Waals surface area contributed by atoms with E-state index in [0.717, 1.165) is 35.5 Å². The Labute approximate surface area is 212 Å². The third-order valence-corrected chi connectivity index (χ3v) is 10.4. The standard InChI is InChI=1S/C34H54/c1-4-5-6-7-27-10-16-31(17-11-27)32-18-12-28(13-19-32)8-9-29-14-20-33(21-15-29)34-24-22-30(23-25-34)26(2)3/h14-15,20-21,27-28,30-32,34H,2,4-13,16-19,22-25H2,1,3H3. The fourth-order valence-corrected chi connectivity index (χ4v) is 7.83. The molecule has 1 aromatic rings. The van der Waals surface area contributed by atoms with Gasteiger partial charge in [0.15, 0.2) is 0 Å². The van der Waals surface area contributed by atoms with Gasteiger partial charge < -0.3 is 0 Å². The van der Waals surface area contributed by atoms with Gasteiger partial charge in [0.2, 0.25) is 0 Å². The number of allylic oxidation sites excluding steroid dienone is 1. The van der Waals surface area contributed by atoms with Crippen LogP contribution in [0.15, 0.2) is 36.4 Å². The molecule has 0 amide bonds. The molecule has 3 fully saturated rings. The van der Waals surface area contributed by atoms with Crippen LogP contribution in [0, 0.1) is 29.6 Å². The van der Waals surface area contributed by atoms with Gasteiger partial charge in [0.05, 0.1) is 0 Å².